The van der Waals surface area contributed by atoms with Crippen LogP contribution in [0.1, 0.15) is 17.0 Å². The van der Waals surface area contributed by atoms with Crippen LogP contribution in [0.2, 0.25) is 0 Å². The second kappa shape index (κ2) is 5.18. The van der Waals surface area contributed by atoms with Crippen LogP contribution in [0.25, 0.3) is 22.3 Å². The number of rotatable bonds is 3. The molecule has 0 aliphatic rings. The van der Waals surface area contributed by atoms with Crippen LogP contribution < -0.4 is 0 Å². The number of aromatic nitrogens is 2. The Morgan fingerprint density at radius 2 is 2.00 bits per heavy atom. The van der Waals surface area contributed by atoms with Gasteiger partial charge < -0.3 is 5.11 Å². The minimum atomic E-state index is -0.965. The topological polar surface area (TPSA) is 54.6 Å². The number of fused-ring (bicyclic) bond motifs is 1. The van der Waals surface area contributed by atoms with Crippen LogP contribution >= 0.6 is 11.3 Å². The molecule has 0 bridgehead atoms. The Morgan fingerprint density at radius 3 is 2.67 bits per heavy atom. The fraction of sp³-hybridized carbons (Fsp3) is 0.125. The van der Waals surface area contributed by atoms with E-state index in [0.29, 0.717) is 0 Å². The quantitative estimate of drug-likeness (QED) is 0.749. The van der Waals surface area contributed by atoms with E-state index >= 15 is 0 Å². The molecule has 106 valence electrons. The highest BCUT2D eigenvalue weighted by molar-refractivity contribution is 7.15. The van der Waals surface area contributed by atoms with Gasteiger partial charge in [-0.2, -0.15) is 0 Å². The molecule has 1 aromatic carbocycles. The van der Waals surface area contributed by atoms with Gasteiger partial charge >= 0.3 is 5.97 Å². The summed E-state index contributed by atoms with van der Waals surface area (Å²) >= 11 is 1.55. The average molecular weight is 298 g/mol. The number of carboxylic acids is 1. The third-order valence-corrected chi connectivity index (χ3v) is 4.22. The maximum Gasteiger partial charge on any atom is 0.328 e. The Kier molecular flexibility index (Phi) is 3.35. The van der Waals surface area contributed by atoms with Crippen molar-refractivity contribution >= 4 is 28.3 Å². The SMILES string of the molecule is Cc1ccc(-c2nc3scc(C)n3c2/C=C/C(=O)O)cc1. The van der Waals surface area contributed by atoms with Crippen molar-refractivity contribution in [1.82, 2.24) is 9.38 Å². The van der Waals surface area contributed by atoms with E-state index in [1.807, 2.05) is 47.9 Å². The van der Waals surface area contributed by atoms with Gasteiger partial charge in [-0.15, -0.1) is 11.3 Å². The smallest absolute Gasteiger partial charge is 0.328 e. The summed E-state index contributed by atoms with van der Waals surface area (Å²) in [6, 6.07) is 8.07. The summed E-state index contributed by atoms with van der Waals surface area (Å²) in [6.07, 6.45) is 2.76. The molecule has 0 spiro atoms. The number of thiazole rings is 1. The van der Waals surface area contributed by atoms with Crippen LogP contribution in [0.4, 0.5) is 0 Å². The van der Waals surface area contributed by atoms with E-state index in [9.17, 15) is 4.79 Å². The summed E-state index contributed by atoms with van der Waals surface area (Å²) in [7, 11) is 0. The number of nitrogens with zero attached hydrogens (tertiary/aromatic N) is 2. The monoisotopic (exact) mass is 298 g/mol. The molecule has 2 heterocycles. The number of benzene rings is 1. The minimum Gasteiger partial charge on any atom is -0.478 e. The predicted molar refractivity (Wildman–Crippen MR) is 84.6 cm³/mol. The van der Waals surface area contributed by atoms with E-state index in [1.54, 1.807) is 17.4 Å². The molecule has 5 heteroatoms. The molecule has 0 saturated heterocycles. The lowest BCUT2D eigenvalue weighted by Crippen LogP contribution is -1.92. The second-order valence-corrected chi connectivity index (χ2v) is 5.71. The van der Waals surface area contributed by atoms with Crippen LogP contribution in [0.5, 0.6) is 0 Å². The molecule has 0 amide bonds. The van der Waals surface area contributed by atoms with Crippen LogP contribution in [0, 0.1) is 13.8 Å². The molecule has 0 saturated carbocycles. The summed E-state index contributed by atoms with van der Waals surface area (Å²) in [4.78, 5) is 16.3. The molecule has 1 N–H and O–H groups in total. The molecule has 0 atom stereocenters. The standard InChI is InChI=1S/C16H14N2O2S/c1-10-3-5-12(6-4-10)15-13(7-8-14(19)20)18-11(2)9-21-16(18)17-15/h3-9H,1-2H3,(H,19,20)/b8-7+. The zero-order valence-electron chi connectivity index (χ0n) is 11.7. The van der Waals surface area contributed by atoms with Gasteiger partial charge in [-0.3, -0.25) is 4.40 Å². The van der Waals surface area contributed by atoms with E-state index in [2.05, 4.69) is 4.98 Å². The van der Waals surface area contributed by atoms with E-state index in [-0.39, 0.29) is 0 Å². The Balaban J connectivity index is 2.24. The van der Waals surface area contributed by atoms with Crippen LogP contribution in [-0.4, -0.2) is 20.5 Å². The zero-order chi connectivity index (χ0) is 15.0. The fourth-order valence-electron chi connectivity index (χ4n) is 2.25. The fourth-order valence-corrected chi connectivity index (χ4v) is 3.12. The first-order valence-corrected chi connectivity index (χ1v) is 7.39. The lowest BCUT2D eigenvalue weighted by molar-refractivity contribution is -0.131. The molecule has 21 heavy (non-hydrogen) atoms. The lowest BCUT2D eigenvalue weighted by atomic mass is 10.1. The van der Waals surface area contributed by atoms with Crippen LogP contribution in [0.15, 0.2) is 35.7 Å². The summed E-state index contributed by atoms with van der Waals surface area (Å²) in [6.45, 7) is 4.02. The Morgan fingerprint density at radius 1 is 1.29 bits per heavy atom. The molecule has 4 nitrogen and oxygen atoms in total. The van der Waals surface area contributed by atoms with Gasteiger partial charge in [-0.1, -0.05) is 29.8 Å². The first-order chi connectivity index (χ1) is 10.1. The summed E-state index contributed by atoms with van der Waals surface area (Å²) in [5.41, 5.74) is 4.82. The minimum absolute atomic E-state index is 0.801. The van der Waals surface area contributed by atoms with E-state index in [1.165, 1.54) is 5.56 Å². The molecule has 0 radical (unpaired) electrons. The van der Waals surface area contributed by atoms with Crippen molar-refractivity contribution in [2.75, 3.05) is 0 Å². The first-order valence-electron chi connectivity index (χ1n) is 6.51. The first kappa shape index (κ1) is 13.6. The molecular formula is C16H14N2O2S. The van der Waals surface area contributed by atoms with Crippen molar-refractivity contribution < 1.29 is 9.90 Å². The maximum atomic E-state index is 10.8. The average Bonchev–Trinajstić information content (AvgIpc) is 2.98. The van der Waals surface area contributed by atoms with Gasteiger partial charge in [0.1, 0.15) is 0 Å². The highest BCUT2D eigenvalue weighted by Crippen LogP contribution is 2.29. The summed E-state index contributed by atoms with van der Waals surface area (Å²) in [5.74, 6) is -0.965. The maximum absolute atomic E-state index is 10.8. The molecule has 0 aliphatic heterocycles. The van der Waals surface area contributed by atoms with Crippen molar-refractivity contribution in [3.8, 4) is 11.3 Å². The number of hydrogen-bond donors (Lipinski definition) is 1. The second-order valence-electron chi connectivity index (χ2n) is 4.88. The summed E-state index contributed by atoms with van der Waals surface area (Å²) in [5, 5.41) is 10.9. The third kappa shape index (κ3) is 2.48. The van der Waals surface area contributed by atoms with Crippen LogP contribution in [0.3, 0.4) is 0 Å². The number of imidazole rings is 1. The van der Waals surface area contributed by atoms with Gasteiger partial charge in [0.25, 0.3) is 0 Å². The van der Waals surface area contributed by atoms with E-state index < -0.39 is 5.97 Å². The van der Waals surface area contributed by atoms with Gasteiger partial charge in [0, 0.05) is 22.7 Å². The Labute approximate surface area is 126 Å². The number of hydrogen-bond acceptors (Lipinski definition) is 3. The van der Waals surface area contributed by atoms with Gasteiger partial charge in [-0.05, 0) is 19.9 Å². The largest absolute Gasteiger partial charge is 0.478 e. The van der Waals surface area contributed by atoms with E-state index in [0.717, 1.165) is 33.7 Å². The van der Waals surface area contributed by atoms with Crippen molar-refractivity contribution in [3.05, 3.63) is 52.7 Å². The normalized spacial score (nSPS) is 11.5. The number of aryl methyl sites for hydroxylation is 2. The van der Waals surface area contributed by atoms with Crippen molar-refractivity contribution in [1.29, 1.82) is 0 Å². The Hall–Kier alpha value is -2.40. The Bertz CT molecular complexity index is 841. The molecule has 3 aromatic rings. The molecule has 3 rings (SSSR count). The molecule has 0 unspecified atom stereocenters. The van der Waals surface area contributed by atoms with Gasteiger partial charge in [0.05, 0.1) is 11.4 Å². The molecule has 2 aromatic heterocycles. The molecule has 0 fully saturated rings. The number of carboxylic acid groups (broad SMARTS) is 1. The van der Waals surface area contributed by atoms with Crippen molar-refractivity contribution in [2.45, 2.75) is 13.8 Å². The van der Waals surface area contributed by atoms with Gasteiger partial charge in [0.15, 0.2) is 4.96 Å². The molecule has 0 aliphatic carbocycles. The van der Waals surface area contributed by atoms with Gasteiger partial charge in [-0.25, -0.2) is 9.78 Å². The van der Waals surface area contributed by atoms with Crippen molar-refractivity contribution in [3.63, 3.8) is 0 Å². The summed E-state index contributed by atoms with van der Waals surface area (Å²) < 4.78 is 1.99. The molecular weight excluding hydrogens is 284 g/mol. The number of carbonyl (C=O) groups is 1. The van der Waals surface area contributed by atoms with Crippen molar-refractivity contribution in [2.24, 2.45) is 0 Å². The van der Waals surface area contributed by atoms with Gasteiger partial charge in [0.2, 0.25) is 0 Å². The van der Waals surface area contributed by atoms with Crippen LogP contribution in [-0.2, 0) is 4.79 Å². The highest BCUT2D eigenvalue weighted by atomic mass is 32.1. The number of aliphatic carboxylic acids is 1. The predicted octanol–water partition coefficient (Wildman–Crippen LogP) is 3.78. The zero-order valence-corrected chi connectivity index (χ0v) is 12.5. The van der Waals surface area contributed by atoms with E-state index in [4.69, 9.17) is 5.11 Å². The third-order valence-electron chi connectivity index (χ3n) is 3.28. The highest BCUT2D eigenvalue weighted by Gasteiger charge is 2.14. The lowest BCUT2D eigenvalue weighted by Gasteiger charge is -2.02.